The third-order valence-electron chi connectivity index (χ3n) is 1.87. The van der Waals surface area contributed by atoms with Gasteiger partial charge in [-0.15, -0.1) is 5.10 Å². The quantitative estimate of drug-likeness (QED) is 0.390. The molecule has 0 saturated carbocycles. The molecule has 0 unspecified atom stereocenters. The van der Waals surface area contributed by atoms with Crippen molar-refractivity contribution >= 4 is 23.5 Å². The number of aromatic nitrogens is 4. The Morgan fingerprint density at radius 1 is 1.31 bits per heavy atom. The number of ether oxygens (including phenoxy) is 2. The summed E-state index contributed by atoms with van der Waals surface area (Å²) in [6.07, 6.45) is 1.76. The first-order chi connectivity index (χ1) is 7.81. The van der Waals surface area contributed by atoms with Crippen LogP contribution in [0.5, 0.6) is 0 Å². The summed E-state index contributed by atoms with van der Waals surface area (Å²) in [5.74, 6) is 2.07. The van der Waals surface area contributed by atoms with Gasteiger partial charge in [-0.2, -0.15) is 11.8 Å². The van der Waals surface area contributed by atoms with E-state index in [0.717, 1.165) is 16.7 Å². The van der Waals surface area contributed by atoms with E-state index in [-0.39, 0.29) is 6.29 Å². The molecule has 8 heteroatoms. The Balaban J connectivity index is 2.49. The van der Waals surface area contributed by atoms with Gasteiger partial charge in [-0.3, -0.25) is 0 Å². The first-order valence-electron chi connectivity index (χ1n) is 4.75. The minimum atomic E-state index is -0.316. The van der Waals surface area contributed by atoms with Crippen LogP contribution in [-0.2, 0) is 16.0 Å². The van der Waals surface area contributed by atoms with Crippen LogP contribution in [0.1, 0.15) is 0 Å². The summed E-state index contributed by atoms with van der Waals surface area (Å²) in [5, 5.41) is 12.3. The zero-order valence-corrected chi connectivity index (χ0v) is 11.3. The lowest BCUT2D eigenvalue weighted by Gasteiger charge is -2.13. The minimum Gasteiger partial charge on any atom is -0.354 e. The Hall–Kier alpha value is -0.310. The van der Waals surface area contributed by atoms with Gasteiger partial charge < -0.3 is 9.47 Å². The number of tetrazole rings is 1. The molecule has 0 radical (unpaired) electrons. The van der Waals surface area contributed by atoms with Crippen molar-refractivity contribution in [1.29, 1.82) is 0 Å². The molecular weight excluding hydrogens is 248 g/mol. The van der Waals surface area contributed by atoms with Gasteiger partial charge in [-0.05, 0) is 16.7 Å². The highest BCUT2D eigenvalue weighted by Gasteiger charge is 2.12. The third-order valence-corrected chi connectivity index (χ3v) is 3.70. The molecule has 0 atom stereocenters. The first kappa shape index (κ1) is 13.8. The highest BCUT2D eigenvalue weighted by Crippen LogP contribution is 2.15. The van der Waals surface area contributed by atoms with Gasteiger partial charge in [0.15, 0.2) is 6.29 Å². The van der Waals surface area contributed by atoms with Crippen LogP contribution >= 0.6 is 23.5 Å². The number of methoxy groups -OCH3 is 2. The van der Waals surface area contributed by atoms with Crippen molar-refractivity contribution in [2.75, 3.05) is 32.0 Å². The molecule has 16 heavy (non-hydrogen) atoms. The molecular formula is C8H16N4O2S2. The lowest BCUT2D eigenvalue weighted by molar-refractivity contribution is -0.113. The zero-order chi connectivity index (χ0) is 11.8. The largest absolute Gasteiger partial charge is 0.354 e. The van der Waals surface area contributed by atoms with Crippen LogP contribution in [0.15, 0.2) is 5.16 Å². The normalized spacial score (nSPS) is 11.2. The fraction of sp³-hybridized carbons (Fsp3) is 0.875. The van der Waals surface area contributed by atoms with Gasteiger partial charge in [0.1, 0.15) is 0 Å². The molecule has 6 nitrogen and oxygen atoms in total. The number of thioether (sulfide) groups is 2. The maximum atomic E-state index is 5.10. The second-order valence-corrected chi connectivity index (χ2v) is 4.93. The average Bonchev–Trinajstić information content (AvgIpc) is 2.74. The van der Waals surface area contributed by atoms with Gasteiger partial charge in [0, 0.05) is 25.7 Å². The van der Waals surface area contributed by atoms with Crippen molar-refractivity contribution in [3.8, 4) is 0 Å². The van der Waals surface area contributed by atoms with Crippen molar-refractivity contribution in [1.82, 2.24) is 20.2 Å². The van der Waals surface area contributed by atoms with E-state index in [4.69, 9.17) is 9.47 Å². The van der Waals surface area contributed by atoms with Crippen LogP contribution < -0.4 is 0 Å². The molecule has 1 aromatic heterocycles. The van der Waals surface area contributed by atoms with E-state index in [0.29, 0.717) is 6.54 Å². The number of rotatable bonds is 8. The van der Waals surface area contributed by atoms with E-state index >= 15 is 0 Å². The highest BCUT2D eigenvalue weighted by molar-refractivity contribution is 8.02. The molecule has 0 aliphatic carbocycles. The number of hydrogen-bond donors (Lipinski definition) is 0. The second-order valence-electron chi connectivity index (χ2n) is 2.89. The zero-order valence-electron chi connectivity index (χ0n) is 9.62. The molecule has 0 bridgehead atoms. The average molecular weight is 264 g/mol. The maximum Gasteiger partial charge on any atom is 0.209 e. The fourth-order valence-corrected chi connectivity index (χ4v) is 2.55. The van der Waals surface area contributed by atoms with E-state index in [1.807, 2.05) is 0 Å². The molecule has 0 amide bonds. The molecule has 0 fully saturated rings. The smallest absolute Gasteiger partial charge is 0.209 e. The standard InChI is InChI=1S/C8H16N4O2S2/c1-13-7(14-2)6-12-8(9-10-11-12)16-5-4-15-3/h7H,4-6H2,1-3H3. The third kappa shape index (κ3) is 4.28. The van der Waals surface area contributed by atoms with Crippen LogP contribution in [-0.4, -0.2) is 58.5 Å². The minimum absolute atomic E-state index is 0.316. The lowest BCUT2D eigenvalue weighted by Crippen LogP contribution is -2.22. The summed E-state index contributed by atoms with van der Waals surface area (Å²) in [4.78, 5) is 0. The van der Waals surface area contributed by atoms with Gasteiger partial charge in [-0.25, -0.2) is 4.68 Å². The van der Waals surface area contributed by atoms with Gasteiger partial charge in [0.05, 0.1) is 6.54 Å². The van der Waals surface area contributed by atoms with E-state index < -0.39 is 0 Å². The summed E-state index contributed by atoms with van der Waals surface area (Å²) >= 11 is 3.44. The van der Waals surface area contributed by atoms with Crippen molar-refractivity contribution < 1.29 is 9.47 Å². The van der Waals surface area contributed by atoms with Crippen LogP contribution in [0.2, 0.25) is 0 Å². The van der Waals surface area contributed by atoms with Crippen molar-refractivity contribution in [2.45, 2.75) is 18.0 Å². The maximum absolute atomic E-state index is 5.10. The number of nitrogens with zero attached hydrogens (tertiary/aromatic N) is 4. The van der Waals surface area contributed by atoms with Crippen molar-refractivity contribution in [3.05, 3.63) is 0 Å². The highest BCUT2D eigenvalue weighted by atomic mass is 32.2. The monoisotopic (exact) mass is 264 g/mol. The SMILES string of the molecule is COC(Cn1nnnc1SCCSC)OC. The second kappa shape index (κ2) is 7.88. The predicted octanol–water partition coefficient (Wildman–Crippen LogP) is 0.747. The van der Waals surface area contributed by atoms with E-state index in [2.05, 4.69) is 21.8 Å². The molecule has 0 saturated heterocycles. The van der Waals surface area contributed by atoms with E-state index in [1.54, 1.807) is 42.4 Å². The summed E-state index contributed by atoms with van der Waals surface area (Å²) in [7, 11) is 3.19. The van der Waals surface area contributed by atoms with Crippen LogP contribution in [0.25, 0.3) is 0 Å². The Morgan fingerprint density at radius 3 is 2.69 bits per heavy atom. The Labute approximate surface area is 103 Å². The molecule has 92 valence electrons. The van der Waals surface area contributed by atoms with E-state index in [9.17, 15) is 0 Å². The summed E-state index contributed by atoms with van der Waals surface area (Å²) in [6.45, 7) is 0.502. The molecule has 0 aromatic carbocycles. The molecule has 0 N–H and O–H groups in total. The topological polar surface area (TPSA) is 62.1 Å². The van der Waals surface area contributed by atoms with Crippen molar-refractivity contribution in [3.63, 3.8) is 0 Å². The lowest BCUT2D eigenvalue weighted by atomic mass is 10.6. The molecule has 0 aliphatic rings. The van der Waals surface area contributed by atoms with Crippen LogP contribution in [0.3, 0.4) is 0 Å². The predicted molar refractivity (Wildman–Crippen MR) is 64.7 cm³/mol. The van der Waals surface area contributed by atoms with Gasteiger partial charge in [0.25, 0.3) is 0 Å². The first-order valence-corrected chi connectivity index (χ1v) is 7.13. The van der Waals surface area contributed by atoms with Gasteiger partial charge >= 0.3 is 0 Å². The van der Waals surface area contributed by atoms with Gasteiger partial charge in [-0.1, -0.05) is 11.8 Å². The molecule has 0 spiro atoms. The van der Waals surface area contributed by atoms with Gasteiger partial charge in [0.2, 0.25) is 5.16 Å². The van der Waals surface area contributed by atoms with Crippen LogP contribution in [0.4, 0.5) is 0 Å². The van der Waals surface area contributed by atoms with Crippen molar-refractivity contribution in [2.24, 2.45) is 0 Å². The summed E-state index contributed by atoms with van der Waals surface area (Å²) in [5.41, 5.74) is 0. The molecule has 1 rings (SSSR count). The summed E-state index contributed by atoms with van der Waals surface area (Å²) in [6, 6.07) is 0. The summed E-state index contributed by atoms with van der Waals surface area (Å²) < 4.78 is 11.9. The Kier molecular flexibility index (Phi) is 6.78. The molecule has 1 heterocycles. The number of hydrogen-bond acceptors (Lipinski definition) is 7. The Morgan fingerprint density at radius 2 is 2.06 bits per heavy atom. The Bertz CT molecular complexity index is 293. The fourth-order valence-electron chi connectivity index (χ4n) is 1.02. The van der Waals surface area contributed by atoms with E-state index in [1.165, 1.54) is 0 Å². The van der Waals surface area contributed by atoms with Crippen LogP contribution in [0, 0.1) is 0 Å². The molecule has 1 aromatic rings. The molecule has 0 aliphatic heterocycles.